The maximum Gasteiger partial charge on any atom is 0.139 e. The van der Waals surface area contributed by atoms with E-state index in [2.05, 4.69) is 9.97 Å². The second-order valence-electron chi connectivity index (χ2n) is 4.32. The number of para-hydroxylation sites is 2. The van der Waals surface area contributed by atoms with E-state index in [9.17, 15) is 0 Å². The van der Waals surface area contributed by atoms with Gasteiger partial charge in [0.15, 0.2) is 0 Å². The summed E-state index contributed by atoms with van der Waals surface area (Å²) in [5, 5.41) is 0. The lowest BCUT2D eigenvalue weighted by Gasteiger charge is -2.03. The first-order valence-electron chi connectivity index (χ1n) is 6.00. The first-order chi connectivity index (χ1) is 9.25. The summed E-state index contributed by atoms with van der Waals surface area (Å²) >= 11 is 0. The van der Waals surface area contributed by atoms with Gasteiger partial charge >= 0.3 is 0 Å². The van der Waals surface area contributed by atoms with Gasteiger partial charge in [-0.15, -0.1) is 0 Å². The third-order valence-electron chi connectivity index (χ3n) is 3.04. The van der Waals surface area contributed by atoms with E-state index in [0.29, 0.717) is 5.69 Å². The summed E-state index contributed by atoms with van der Waals surface area (Å²) in [5.41, 5.74) is 16.0. The molecule has 0 bridgehead atoms. The van der Waals surface area contributed by atoms with Crippen LogP contribution in [0.1, 0.15) is 0 Å². The van der Waals surface area contributed by atoms with Crippen LogP contribution in [0.15, 0.2) is 54.7 Å². The molecule has 0 unspecified atom stereocenters. The summed E-state index contributed by atoms with van der Waals surface area (Å²) in [6, 6.07) is 15.3. The lowest BCUT2D eigenvalue weighted by molar-refractivity contribution is 1.31. The van der Waals surface area contributed by atoms with E-state index < -0.39 is 0 Å². The largest absolute Gasteiger partial charge is 0.398 e. The van der Waals surface area contributed by atoms with Gasteiger partial charge in [-0.25, -0.2) is 4.98 Å². The fourth-order valence-corrected chi connectivity index (χ4v) is 2.05. The third-order valence-corrected chi connectivity index (χ3v) is 3.04. The van der Waals surface area contributed by atoms with Crippen LogP contribution in [0, 0.1) is 0 Å². The number of benzene rings is 2. The highest BCUT2D eigenvalue weighted by Gasteiger charge is 2.09. The van der Waals surface area contributed by atoms with Gasteiger partial charge in [-0.1, -0.05) is 30.3 Å². The summed E-state index contributed by atoms with van der Waals surface area (Å²) in [4.78, 5) is 7.63. The molecule has 94 valence electrons. The molecule has 2 aromatic carbocycles. The molecule has 4 heteroatoms. The second-order valence-corrected chi connectivity index (χ2v) is 4.32. The molecule has 0 saturated heterocycles. The average Bonchev–Trinajstić information content (AvgIpc) is 2.89. The fourth-order valence-electron chi connectivity index (χ4n) is 2.05. The van der Waals surface area contributed by atoms with Crippen LogP contribution in [0.4, 0.5) is 11.4 Å². The molecule has 0 radical (unpaired) electrons. The van der Waals surface area contributed by atoms with E-state index in [0.717, 1.165) is 28.3 Å². The molecule has 4 nitrogen and oxygen atoms in total. The SMILES string of the molecule is Nc1ccccc1-c1cnc(-c2ccccc2N)[nH]1. The van der Waals surface area contributed by atoms with Gasteiger partial charge in [-0.05, 0) is 18.2 Å². The molecule has 1 aromatic heterocycles. The molecule has 0 saturated carbocycles. The zero-order chi connectivity index (χ0) is 13.2. The summed E-state index contributed by atoms with van der Waals surface area (Å²) in [7, 11) is 0. The van der Waals surface area contributed by atoms with Crippen molar-refractivity contribution in [1.82, 2.24) is 9.97 Å². The number of H-pyrrole nitrogens is 1. The molecule has 1 heterocycles. The van der Waals surface area contributed by atoms with Crippen molar-refractivity contribution in [3.05, 3.63) is 54.7 Å². The van der Waals surface area contributed by atoms with Crippen LogP contribution in [0.3, 0.4) is 0 Å². The highest BCUT2D eigenvalue weighted by atomic mass is 14.9. The van der Waals surface area contributed by atoms with Gasteiger partial charge in [0, 0.05) is 22.5 Å². The molecule has 0 aliphatic rings. The van der Waals surface area contributed by atoms with Gasteiger partial charge < -0.3 is 16.5 Å². The molecule has 0 atom stereocenters. The maximum atomic E-state index is 5.96. The number of aromatic amines is 1. The van der Waals surface area contributed by atoms with Crippen LogP contribution in [0.5, 0.6) is 0 Å². The van der Waals surface area contributed by atoms with Crippen molar-refractivity contribution in [2.45, 2.75) is 0 Å². The fraction of sp³-hybridized carbons (Fsp3) is 0. The zero-order valence-electron chi connectivity index (χ0n) is 10.3. The van der Waals surface area contributed by atoms with E-state index in [-0.39, 0.29) is 0 Å². The van der Waals surface area contributed by atoms with Crippen molar-refractivity contribution < 1.29 is 0 Å². The molecule has 3 rings (SSSR count). The normalized spacial score (nSPS) is 10.5. The Kier molecular flexibility index (Phi) is 2.68. The van der Waals surface area contributed by atoms with Gasteiger partial charge in [0.1, 0.15) is 5.82 Å². The number of imidazole rings is 1. The van der Waals surface area contributed by atoms with Crippen LogP contribution >= 0.6 is 0 Å². The number of nitrogens with zero attached hydrogens (tertiary/aromatic N) is 1. The molecule has 0 amide bonds. The molecule has 19 heavy (non-hydrogen) atoms. The minimum Gasteiger partial charge on any atom is -0.398 e. The molecule has 0 aliphatic heterocycles. The Morgan fingerprint density at radius 2 is 1.37 bits per heavy atom. The number of nitrogens with one attached hydrogen (secondary N) is 1. The van der Waals surface area contributed by atoms with Crippen LogP contribution in [0.25, 0.3) is 22.6 Å². The van der Waals surface area contributed by atoms with Gasteiger partial charge in [-0.2, -0.15) is 0 Å². The van der Waals surface area contributed by atoms with E-state index in [1.165, 1.54) is 0 Å². The molecular weight excluding hydrogens is 236 g/mol. The molecule has 0 spiro atoms. The molecule has 0 aliphatic carbocycles. The van der Waals surface area contributed by atoms with E-state index >= 15 is 0 Å². The van der Waals surface area contributed by atoms with Crippen molar-refractivity contribution >= 4 is 11.4 Å². The van der Waals surface area contributed by atoms with Gasteiger partial charge in [0.25, 0.3) is 0 Å². The third kappa shape index (κ3) is 2.04. The number of nitrogens with two attached hydrogens (primary N) is 2. The number of nitrogen functional groups attached to an aromatic ring is 2. The van der Waals surface area contributed by atoms with Crippen LogP contribution in [-0.4, -0.2) is 9.97 Å². The Hall–Kier alpha value is -2.75. The molecule has 5 N–H and O–H groups in total. The van der Waals surface area contributed by atoms with Crippen LogP contribution in [-0.2, 0) is 0 Å². The number of aromatic nitrogens is 2. The first-order valence-corrected chi connectivity index (χ1v) is 6.00. The topological polar surface area (TPSA) is 80.7 Å². The summed E-state index contributed by atoms with van der Waals surface area (Å²) < 4.78 is 0. The Morgan fingerprint density at radius 3 is 2.00 bits per heavy atom. The minimum atomic E-state index is 0.699. The second kappa shape index (κ2) is 4.49. The number of rotatable bonds is 2. The van der Waals surface area contributed by atoms with Gasteiger partial charge in [0.2, 0.25) is 0 Å². The van der Waals surface area contributed by atoms with Crippen molar-refractivity contribution in [1.29, 1.82) is 0 Å². The van der Waals surface area contributed by atoms with Crippen LogP contribution in [0.2, 0.25) is 0 Å². The van der Waals surface area contributed by atoms with Crippen molar-refractivity contribution in [2.75, 3.05) is 11.5 Å². The maximum absolute atomic E-state index is 5.96. The van der Waals surface area contributed by atoms with Crippen molar-refractivity contribution in [2.24, 2.45) is 0 Å². The summed E-state index contributed by atoms with van der Waals surface area (Å²) in [6.45, 7) is 0. The molecule has 3 aromatic rings. The number of hydrogen-bond acceptors (Lipinski definition) is 3. The van der Waals surface area contributed by atoms with Gasteiger partial charge in [-0.3, -0.25) is 0 Å². The summed E-state index contributed by atoms with van der Waals surface area (Å²) in [5.74, 6) is 0.747. The molecule has 0 fully saturated rings. The Bertz CT molecular complexity index is 655. The lowest BCUT2D eigenvalue weighted by atomic mass is 10.1. The summed E-state index contributed by atoms with van der Waals surface area (Å²) in [6.07, 6.45) is 1.77. The average molecular weight is 250 g/mol. The molecular formula is C15H14N4. The standard InChI is InChI=1S/C15H14N4/c16-12-7-3-1-5-10(12)14-9-18-15(19-14)11-6-2-4-8-13(11)17/h1-9H,16-17H2,(H,18,19). The Balaban J connectivity index is 2.06. The highest BCUT2D eigenvalue weighted by molar-refractivity contribution is 5.77. The lowest BCUT2D eigenvalue weighted by Crippen LogP contribution is -1.91. The zero-order valence-corrected chi connectivity index (χ0v) is 10.3. The quantitative estimate of drug-likeness (QED) is 0.612. The van der Waals surface area contributed by atoms with E-state index in [1.807, 2.05) is 48.5 Å². The predicted molar refractivity (Wildman–Crippen MR) is 78.3 cm³/mol. The predicted octanol–water partition coefficient (Wildman–Crippen LogP) is 2.91. The first kappa shape index (κ1) is 11.3. The number of hydrogen-bond donors (Lipinski definition) is 3. The smallest absolute Gasteiger partial charge is 0.139 e. The van der Waals surface area contributed by atoms with E-state index in [1.54, 1.807) is 6.20 Å². The van der Waals surface area contributed by atoms with Crippen molar-refractivity contribution in [3.63, 3.8) is 0 Å². The van der Waals surface area contributed by atoms with E-state index in [4.69, 9.17) is 11.5 Å². The highest BCUT2D eigenvalue weighted by Crippen LogP contribution is 2.28. The minimum absolute atomic E-state index is 0.699. The Labute approximate surface area is 111 Å². The van der Waals surface area contributed by atoms with Crippen molar-refractivity contribution in [3.8, 4) is 22.6 Å². The number of anilines is 2. The van der Waals surface area contributed by atoms with Gasteiger partial charge in [0.05, 0.1) is 11.9 Å². The van der Waals surface area contributed by atoms with Crippen LogP contribution < -0.4 is 11.5 Å². The monoisotopic (exact) mass is 250 g/mol. The Morgan fingerprint density at radius 1 is 0.789 bits per heavy atom.